The zero-order valence-electron chi connectivity index (χ0n) is 11.2. The van der Waals surface area contributed by atoms with E-state index in [1.54, 1.807) is 0 Å². The number of benzene rings is 1. The van der Waals surface area contributed by atoms with Crippen LogP contribution < -0.4 is 19.9 Å². The van der Waals surface area contributed by atoms with E-state index < -0.39 is 5.97 Å². The van der Waals surface area contributed by atoms with Crippen molar-refractivity contribution in [1.82, 2.24) is 0 Å². The lowest BCUT2D eigenvalue weighted by Gasteiger charge is -2.13. The van der Waals surface area contributed by atoms with E-state index in [9.17, 15) is 14.7 Å². The molecule has 0 aliphatic heterocycles. The summed E-state index contributed by atoms with van der Waals surface area (Å²) >= 11 is 5.95. The molecule has 1 amide bonds. The number of aliphatic carboxylic acids is 1. The lowest BCUT2D eigenvalue weighted by molar-refractivity contribution is -0.305. The zero-order chi connectivity index (χ0) is 15.1. The monoisotopic (exact) mass is 300 g/mol. The first-order valence-electron chi connectivity index (χ1n) is 5.89. The maximum atomic E-state index is 11.7. The highest BCUT2D eigenvalue weighted by atomic mass is 35.5. The van der Waals surface area contributed by atoms with Gasteiger partial charge in [-0.2, -0.15) is 0 Å². The molecule has 6 nitrogen and oxygen atoms in total. The maximum Gasteiger partial charge on any atom is 0.224 e. The smallest absolute Gasteiger partial charge is 0.224 e. The highest BCUT2D eigenvalue weighted by Gasteiger charge is 2.12. The van der Waals surface area contributed by atoms with Crippen molar-refractivity contribution in [3.05, 3.63) is 17.2 Å². The van der Waals surface area contributed by atoms with Gasteiger partial charge in [-0.15, -0.1) is 0 Å². The first-order chi connectivity index (χ1) is 9.47. The quantitative estimate of drug-likeness (QED) is 0.818. The Morgan fingerprint density at radius 3 is 2.40 bits per heavy atom. The van der Waals surface area contributed by atoms with Crippen LogP contribution in [0.1, 0.15) is 19.3 Å². The fourth-order valence-electron chi connectivity index (χ4n) is 1.56. The molecule has 0 saturated carbocycles. The minimum atomic E-state index is -1.18. The molecule has 20 heavy (non-hydrogen) atoms. The first kappa shape index (κ1) is 16.1. The number of ether oxygens (including phenoxy) is 2. The van der Waals surface area contributed by atoms with Gasteiger partial charge >= 0.3 is 0 Å². The van der Waals surface area contributed by atoms with Crippen LogP contribution in [-0.4, -0.2) is 26.1 Å². The summed E-state index contributed by atoms with van der Waals surface area (Å²) < 4.78 is 10.2. The van der Waals surface area contributed by atoms with Gasteiger partial charge in [0.05, 0.1) is 24.9 Å². The zero-order valence-corrected chi connectivity index (χ0v) is 12.0. The van der Waals surface area contributed by atoms with Crippen molar-refractivity contribution < 1.29 is 24.2 Å². The topological polar surface area (TPSA) is 87.7 Å². The molecule has 0 unspecified atom stereocenters. The van der Waals surface area contributed by atoms with Gasteiger partial charge in [0.25, 0.3) is 0 Å². The van der Waals surface area contributed by atoms with Gasteiger partial charge in [-0.05, 0) is 12.8 Å². The SMILES string of the molecule is COc1cc(NC(=O)CCCC(=O)[O-])c(OC)cc1Cl. The number of carbonyl (C=O) groups excluding carboxylic acids is 2. The molecule has 1 N–H and O–H groups in total. The maximum absolute atomic E-state index is 11.7. The predicted octanol–water partition coefficient (Wildman–Crippen LogP) is 1.22. The summed E-state index contributed by atoms with van der Waals surface area (Å²) in [6.45, 7) is 0. The second-order valence-electron chi connectivity index (χ2n) is 3.96. The number of anilines is 1. The van der Waals surface area contributed by atoms with Crippen molar-refractivity contribution in [1.29, 1.82) is 0 Å². The Bertz CT molecular complexity index is 504. The third-order valence-electron chi connectivity index (χ3n) is 2.53. The molecule has 0 fully saturated rings. The molecular formula is C13H15ClNO5-. The van der Waals surface area contributed by atoms with Crippen LogP contribution in [0.4, 0.5) is 5.69 Å². The fraction of sp³-hybridized carbons (Fsp3) is 0.385. The first-order valence-corrected chi connectivity index (χ1v) is 6.27. The number of carbonyl (C=O) groups is 2. The molecule has 0 saturated heterocycles. The van der Waals surface area contributed by atoms with E-state index in [1.165, 1.54) is 26.4 Å². The summed E-state index contributed by atoms with van der Waals surface area (Å²) in [6.07, 6.45) is 0.123. The van der Waals surface area contributed by atoms with E-state index in [0.29, 0.717) is 22.2 Å². The summed E-state index contributed by atoms with van der Waals surface area (Å²) in [5, 5.41) is 13.2. The van der Waals surface area contributed by atoms with Crippen LogP contribution in [0.3, 0.4) is 0 Å². The standard InChI is InChI=1S/C13H16ClNO5/c1-19-10-7-9(11(20-2)6-8(10)14)15-12(16)4-3-5-13(17)18/h6-7H,3-5H2,1-2H3,(H,15,16)(H,17,18)/p-1. The van der Waals surface area contributed by atoms with Crippen LogP contribution in [0.25, 0.3) is 0 Å². The molecule has 1 aromatic rings. The third kappa shape index (κ3) is 4.62. The second-order valence-corrected chi connectivity index (χ2v) is 4.37. The van der Waals surface area contributed by atoms with E-state index in [0.717, 1.165) is 0 Å². The van der Waals surface area contributed by atoms with Crippen LogP contribution >= 0.6 is 11.6 Å². The number of carboxylic acid groups (broad SMARTS) is 1. The number of carboxylic acids is 1. The lowest BCUT2D eigenvalue weighted by Crippen LogP contribution is -2.22. The molecule has 0 aliphatic carbocycles. The van der Waals surface area contributed by atoms with Gasteiger partial charge in [0.15, 0.2) is 0 Å². The molecule has 0 heterocycles. The second kappa shape index (κ2) is 7.59. The number of methoxy groups -OCH3 is 2. The molecule has 0 radical (unpaired) electrons. The molecular weight excluding hydrogens is 286 g/mol. The summed E-state index contributed by atoms with van der Waals surface area (Å²) in [6, 6.07) is 3.06. The predicted molar refractivity (Wildman–Crippen MR) is 72.0 cm³/mol. The van der Waals surface area contributed by atoms with Gasteiger partial charge in [-0.25, -0.2) is 0 Å². The van der Waals surface area contributed by atoms with E-state index in [-0.39, 0.29) is 25.2 Å². The number of amides is 1. The van der Waals surface area contributed by atoms with Crippen LogP contribution in [0, 0.1) is 0 Å². The number of halogens is 1. The lowest BCUT2D eigenvalue weighted by atomic mass is 10.2. The van der Waals surface area contributed by atoms with E-state index >= 15 is 0 Å². The summed E-state index contributed by atoms with van der Waals surface area (Å²) in [5.41, 5.74) is 0.409. The number of rotatable bonds is 7. The largest absolute Gasteiger partial charge is 0.550 e. The molecule has 0 atom stereocenters. The Balaban J connectivity index is 2.75. The van der Waals surface area contributed by atoms with Crippen molar-refractivity contribution in [2.45, 2.75) is 19.3 Å². The summed E-state index contributed by atoms with van der Waals surface area (Å²) in [5.74, 6) is -0.709. The average Bonchev–Trinajstić information content (AvgIpc) is 2.39. The van der Waals surface area contributed by atoms with Gasteiger partial charge in [0.2, 0.25) is 5.91 Å². The van der Waals surface area contributed by atoms with Crippen LogP contribution in [0.2, 0.25) is 5.02 Å². The van der Waals surface area contributed by atoms with Gasteiger partial charge in [-0.3, -0.25) is 4.79 Å². The molecule has 7 heteroatoms. The van der Waals surface area contributed by atoms with Gasteiger partial charge < -0.3 is 24.7 Å². The van der Waals surface area contributed by atoms with Gasteiger partial charge in [0, 0.05) is 24.5 Å². The number of hydrogen-bond acceptors (Lipinski definition) is 5. The Hall–Kier alpha value is -1.95. The van der Waals surface area contributed by atoms with Crippen molar-refractivity contribution in [2.75, 3.05) is 19.5 Å². The van der Waals surface area contributed by atoms with Gasteiger partial charge in [0.1, 0.15) is 11.5 Å². The van der Waals surface area contributed by atoms with Crippen molar-refractivity contribution in [2.24, 2.45) is 0 Å². The Morgan fingerprint density at radius 2 is 1.85 bits per heavy atom. The van der Waals surface area contributed by atoms with Crippen LogP contribution in [0.15, 0.2) is 12.1 Å². The van der Waals surface area contributed by atoms with Crippen LogP contribution in [-0.2, 0) is 9.59 Å². The van der Waals surface area contributed by atoms with Gasteiger partial charge in [-0.1, -0.05) is 11.6 Å². The normalized spacial score (nSPS) is 9.95. The molecule has 1 aromatic carbocycles. The molecule has 0 bridgehead atoms. The van der Waals surface area contributed by atoms with E-state index in [4.69, 9.17) is 21.1 Å². The van der Waals surface area contributed by atoms with Crippen molar-refractivity contribution in [3.8, 4) is 11.5 Å². The number of nitrogens with one attached hydrogen (secondary N) is 1. The third-order valence-corrected chi connectivity index (χ3v) is 2.83. The summed E-state index contributed by atoms with van der Waals surface area (Å²) in [4.78, 5) is 22.0. The Kier molecular flexibility index (Phi) is 6.11. The van der Waals surface area contributed by atoms with E-state index in [1.807, 2.05) is 0 Å². The fourth-order valence-corrected chi connectivity index (χ4v) is 1.79. The molecule has 1 rings (SSSR count). The minimum absolute atomic E-state index is 0.0715. The van der Waals surface area contributed by atoms with Crippen molar-refractivity contribution >= 4 is 29.2 Å². The highest BCUT2D eigenvalue weighted by Crippen LogP contribution is 2.35. The van der Waals surface area contributed by atoms with Crippen molar-refractivity contribution in [3.63, 3.8) is 0 Å². The Labute approximate surface area is 121 Å². The molecule has 110 valence electrons. The highest BCUT2D eigenvalue weighted by molar-refractivity contribution is 6.32. The molecule has 0 aromatic heterocycles. The average molecular weight is 301 g/mol. The summed E-state index contributed by atoms with van der Waals surface area (Å²) in [7, 11) is 2.91. The van der Waals surface area contributed by atoms with E-state index in [2.05, 4.69) is 5.32 Å². The minimum Gasteiger partial charge on any atom is -0.550 e. The molecule has 0 aliphatic rings. The number of hydrogen-bond donors (Lipinski definition) is 1. The van der Waals surface area contributed by atoms with Crippen LogP contribution in [0.5, 0.6) is 11.5 Å². The Morgan fingerprint density at radius 1 is 1.20 bits per heavy atom. The molecule has 0 spiro atoms.